The van der Waals surface area contributed by atoms with Crippen molar-refractivity contribution < 1.29 is 0 Å². The highest BCUT2D eigenvalue weighted by Crippen LogP contribution is 2.31. The van der Waals surface area contributed by atoms with Crippen LogP contribution in [0.4, 0.5) is 0 Å². The molecular formula is C22H14N8. The molecule has 2 N–H and O–H groups in total. The summed E-state index contributed by atoms with van der Waals surface area (Å²) in [5.41, 5.74) is 6.80. The van der Waals surface area contributed by atoms with E-state index in [0.29, 0.717) is 17.2 Å². The summed E-state index contributed by atoms with van der Waals surface area (Å²) >= 11 is 0. The second-order valence-electron chi connectivity index (χ2n) is 6.81. The van der Waals surface area contributed by atoms with Gasteiger partial charge in [-0.25, -0.2) is 9.97 Å². The van der Waals surface area contributed by atoms with Crippen molar-refractivity contribution in [3.8, 4) is 33.9 Å². The molecule has 0 saturated heterocycles. The summed E-state index contributed by atoms with van der Waals surface area (Å²) in [4.78, 5) is 25.5. The zero-order chi connectivity index (χ0) is 19.9. The van der Waals surface area contributed by atoms with Gasteiger partial charge in [-0.05, 0) is 30.3 Å². The summed E-state index contributed by atoms with van der Waals surface area (Å²) in [6.45, 7) is 0. The number of imidazole rings is 1. The number of H-pyrrole nitrogens is 2. The van der Waals surface area contributed by atoms with Crippen LogP contribution in [0.1, 0.15) is 0 Å². The minimum atomic E-state index is 0.657. The topological polar surface area (TPSA) is 109 Å². The van der Waals surface area contributed by atoms with Gasteiger partial charge in [-0.3, -0.25) is 20.1 Å². The molecule has 0 radical (unpaired) electrons. The maximum atomic E-state index is 4.82. The van der Waals surface area contributed by atoms with Crippen LogP contribution >= 0.6 is 0 Å². The van der Waals surface area contributed by atoms with E-state index in [9.17, 15) is 0 Å². The molecule has 0 atom stereocenters. The SMILES string of the molecule is c1cncc(-c2cnc3[nH]nc(-c4nc5c(-c6ccncc6)nccc5[nH]4)c3c2)c1. The highest BCUT2D eigenvalue weighted by Gasteiger charge is 2.16. The zero-order valence-electron chi connectivity index (χ0n) is 15.6. The van der Waals surface area contributed by atoms with Crippen molar-refractivity contribution in [3.63, 3.8) is 0 Å². The maximum absolute atomic E-state index is 4.82. The predicted molar refractivity (Wildman–Crippen MR) is 113 cm³/mol. The van der Waals surface area contributed by atoms with Crippen LogP contribution in [0, 0.1) is 0 Å². The van der Waals surface area contributed by atoms with Crippen molar-refractivity contribution in [3.05, 3.63) is 73.6 Å². The molecule has 142 valence electrons. The van der Waals surface area contributed by atoms with E-state index in [1.54, 1.807) is 24.8 Å². The van der Waals surface area contributed by atoms with Crippen LogP contribution in [0.2, 0.25) is 0 Å². The number of nitrogens with one attached hydrogen (secondary N) is 2. The van der Waals surface area contributed by atoms with Crippen LogP contribution in [-0.2, 0) is 0 Å². The fraction of sp³-hybridized carbons (Fsp3) is 0. The van der Waals surface area contributed by atoms with E-state index in [4.69, 9.17) is 4.98 Å². The Morgan fingerprint density at radius 1 is 0.733 bits per heavy atom. The van der Waals surface area contributed by atoms with Gasteiger partial charge in [-0.1, -0.05) is 6.07 Å². The molecule has 8 nitrogen and oxygen atoms in total. The third-order valence-corrected chi connectivity index (χ3v) is 4.99. The van der Waals surface area contributed by atoms with Crippen molar-refractivity contribution in [2.75, 3.05) is 0 Å². The number of nitrogens with zero attached hydrogens (tertiary/aromatic N) is 6. The average molecular weight is 390 g/mol. The molecule has 0 saturated carbocycles. The fourth-order valence-electron chi connectivity index (χ4n) is 3.54. The molecule has 8 heteroatoms. The van der Waals surface area contributed by atoms with Gasteiger partial charge in [0.2, 0.25) is 0 Å². The van der Waals surface area contributed by atoms with Crippen LogP contribution in [-0.4, -0.2) is 40.1 Å². The van der Waals surface area contributed by atoms with Gasteiger partial charge in [0.05, 0.1) is 16.6 Å². The average Bonchev–Trinajstić information content (AvgIpc) is 3.43. The lowest BCUT2D eigenvalue weighted by Gasteiger charge is -2.00. The Labute approximate surface area is 170 Å². The van der Waals surface area contributed by atoms with E-state index >= 15 is 0 Å². The lowest BCUT2D eigenvalue weighted by Crippen LogP contribution is -1.86. The summed E-state index contributed by atoms with van der Waals surface area (Å²) in [7, 11) is 0. The summed E-state index contributed by atoms with van der Waals surface area (Å²) in [5.74, 6) is 0.657. The Morgan fingerprint density at radius 3 is 2.53 bits per heavy atom. The first kappa shape index (κ1) is 16.5. The van der Waals surface area contributed by atoms with Crippen molar-refractivity contribution in [1.29, 1.82) is 0 Å². The first-order chi connectivity index (χ1) is 14.9. The molecule has 6 aromatic rings. The van der Waals surface area contributed by atoms with E-state index in [1.807, 2.05) is 48.8 Å². The van der Waals surface area contributed by atoms with Crippen molar-refractivity contribution in [2.45, 2.75) is 0 Å². The number of aromatic nitrogens is 8. The monoisotopic (exact) mass is 390 g/mol. The van der Waals surface area contributed by atoms with Crippen LogP contribution in [0.25, 0.3) is 56.0 Å². The Morgan fingerprint density at radius 2 is 1.67 bits per heavy atom. The van der Waals surface area contributed by atoms with Crippen LogP contribution in [0.5, 0.6) is 0 Å². The number of hydrogen-bond donors (Lipinski definition) is 2. The third kappa shape index (κ3) is 2.62. The molecule has 0 amide bonds. The molecule has 0 bridgehead atoms. The van der Waals surface area contributed by atoms with Gasteiger partial charge in [-0.2, -0.15) is 5.10 Å². The van der Waals surface area contributed by atoms with E-state index in [0.717, 1.165) is 38.8 Å². The normalized spacial score (nSPS) is 11.3. The number of pyridine rings is 4. The summed E-state index contributed by atoms with van der Waals surface area (Å²) < 4.78 is 0. The molecule has 0 aliphatic carbocycles. The molecular weight excluding hydrogens is 376 g/mol. The van der Waals surface area contributed by atoms with Crippen LogP contribution < -0.4 is 0 Å². The van der Waals surface area contributed by atoms with E-state index in [2.05, 4.69) is 35.1 Å². The largest absolute Gasteiger partial charge is 0.336 e. The molecule has 30 heavy (non-hydrogen) atoms. The minimum absolute atomic E-state index is 0.657. The number of aromatic amines is 2. The van der Waals surface area contributed by atoms with Gasteiger partial charge in [0.1, 0.15) is 11.2 Å². The molecule has 0 aromatic carbocycles. The predicted octanol–water partition coefficient (Wildman–Crippen LogP) is 4.02. The number of hydrogen-bond acceptors (Lipinski definition) is 6. The summed E-state index contributed by atoms with van der Waals surface area (Å²) in [5, 5.41) is 8.35. The quantitative estimate of drug-likeness (QED) is 0.472. The standard InChI is InChI=1S/C22H14N8/c1-2-14(11-24-6-1)15-10-16-19(29-30-21(16)26-12-15)22-27-17-5-9-25-18(20(17)28-22)13-3-7-23-8-4-13/h1-12H,(H,27,28)(H,26,29,30). The summed E-state index contributed by atoms with van der Waals surface area (Å²) in [6, 6.07) is 11.7. The minimum Gasteiger partial charge on any atom is -0.336 e. The Bertz CT molecular complexity index is 1490. The molecule has 6 aromatic heterocycles. The highest BCUT2D eigenvalue weighted by atomic mass is 15.2. The third-order valence-electron chi connectivity index (χ3n) is 4.99. The zero-order valence-corrected chi connectivity index (χ0v) is 15.6. The second kappa shape index (κ2) is 6.56. The van der Waals surface area contributed by atoms with Gasteiger partial charge in [0, 0.05) is 53.9 Å². The molecule has 6 rings (SSSR count). The van der Waals surface area contributed by atoms with Gasteiger partial charge in [0.25, 0.3) is 0 Å². The Balaban J connectivity index is 1.52. The lowest BCUT2D eigenvalue weighted by atomic mass is 10.1. The van der Waals surface area contributed by atoms with E-state index < -0.39 is 0 Å². The lowest BCUT2D eigenvalue weighted by molar-refractivity contribution is 1.09. The van der Waals surface area contributed by atoms with Gasteiger partial charge in [-0.15, -0.1) is 0 Å². The van der Waals surface area contributed by atoms with Crippen molar-refractivity contribution >= 4 is 22.1 Å². The molecule has 0 fully saturated rings. The molecule has 0 unspecified atom stereocenters. The van der Waals surface area contributed by atoms with Gasteiger partial charge >= 0.3 is 0 Å². The first-order valence-electron chi connectivity index (χ1n) is 9.37. The highest BCUT2D eigenvalue weighted by molar-refractivity contribution is 5.96. The van der Waals surface area contributed by atoms with Crippen LogP contribution in [0.3, 0.4) is 0 Å². The maximum Gasteiger partial charge on any atom is 0.159 e. The molecule has 0 aliphatic heterocycles. The van der Waals surface area contributed by atoms with Crippen molar-refractivity contribution in [2.24, 2.45) is 0 Å². The van der Waals surface area contributed by atoms with E-state index in [-0.39, 0.29) is 0 Å². The fourth-order valence-corrected chi connectivity index (χ4v) is 3.54. The van der Waals surface area contributed by atoms with Crippen LogP contribution in [0.15, 0.2) is 73.6 Å². The Kier molecular flexibility index (Phi) is 3.60. The second-order valence-corrected chi connectivity index (χ2v) is 6.81. The van der Waals surface area contributed by atoms with Gasteiger partial charge < -0.3 is 4.98 Å². The smallest absolute Gasteiger partial charge is 0.159 e. The summed E-state index contributed by atoms with van der Waals surface area (Å²) in [6.07, 6.45) is 10.6. The molecule has 6 heterocycles. The van der Waals surface area contributed by atoms with E-state index in [1.165, 1.54) is 0 Å². The first-order valence-corrected chi connectivity index (χ1v) is 9.37. The molecule has 0 spiro atoms. The number of fused-ring (bicyclic) bond motifs is 2. The Hall–Kier alpha value is -4.46. The number of rotatable bonds is 3. The van der Waals surface area contributed by atoms with Crippen molar-refractivity contribution in [1.82, 2.24) is 40.1 Å². The molecule has 0 aliphatic rings. The van der Waals surface area contributed by atoms with Gasteiger partial charge in [0.15, 0.2) is 11.5 Å².